The minimum absolute atomic E-state index is 0.00667. The molecule has 0 saturated carbocycles. The second-order valence-corrected chi connectivity index (χ2v) is 7.21. The lowest BCUT2D eigenvalue weighted by molar-refractivity contribution is -0.137. The van der Waals surface area contributed by atoms with Crippen molar-refractivity contribution in [3.05, 3.63) is 0 Å². The molecular weight excluding hydrogens is 332 g/mol. The molecule has 0 amide bonds. The molecule has 5 heteroatoms. The van der Waals surface area contributed by atoms with Gasteiger partial charge in [-0.05, 0) is 20.3 Å². The average Bonchev–Trinajstić information content (AvgIpc) is 2.60. The summed E-state index contributed by atoms with van der Waals surface area (Å²) in [5.41, 5.74) is 0. The highest BCUT2D eigenvalue weighted by molar-refractivity contribution is 5.66. The molecule has 0 aliphatic heterocycles. The normalized spacial score (nSPS) is 13.0. The number of hydrogen-bond acceptors (Lipinski definition) is 4. The monoisotopic (exact) mass is 376 g/mol. The minimum atomic E-state index is -0.655. The van der Waals surface area contributed by atoms with E-state index in [1.54, 1.807) is 13.8 Å². The molecule has 5 nitrogen and oxygen atoms in total. The van der Waals surface area contributed by atoms with E-state index < -0.39 is 12.1 Å². The van der Waals surface area contributed by atoms with E-state index in [4.69, 9.17) is 20.1 Å². The summed E-state index contributed by atoms with van der Waals surface area (Å²) in [7, 11) is 0. The van der Waals surface area contributed by atoms with Crippen LogP contribution in [0.5, 0.6) is 0 Å². The predicted octanol–water partition coefficient (Wildman–Crippen LogP) is 4.93. The number of unbranched alkanes of at least 4 members (excludes halogenated alkanes) is 11. The standard InChI is InChI=1S/C15H30O2.C6H14O3/c1-2-3-4-5-6-7-8-9-10-11-12-13-14-15(16)17;1-5(8)4-9-6(2)3-7/h2-14H2,1H3,(H,16,17);5-8H,3-4H2,1-2H3. The van der Waals surface area contributed by atoms with Gasteiger partial charge >= 0.3 is 5.97 Å². The predicted molar refractivity (Wildman–Crippen MR) is 108 cm³/mol. The van der Waals surface area contributed by atoms with Gasteiger partial charge in [0.1, 0.15) is 0 Å². The number of aliphatic hydroxyl groups is 2. The Morgan fingerprint density at radius 2 is 1.27 bits per heavy atom. The highest BCUT2D eigenvalue weighted by Crippen LogP contribution is 2.12. The van der Waals surface area contributed by atoms with Crippen LogP contribution in [0.1, 0.15) is 104 Å². The first-order chi connectivity index (χ1) is 12.4. The molecule has 0 aliphatic rings. The number of ether oxygens (including phenoxy) is 1. The number of hydrogen-bond donors (Lipinski definition) is 3. The van der Waals surface area contributed by atoms with E-state index in [0.717, 1.165) is 12.8 Å². The maximum atomic E-state index is 10.3. The minimum Gasteiger partial charge on any atom is -0.481 e. The van der Waals surface area contributed by atoms with Crippen LogP contribution in [0.25, 0.3) is 0 Å². The molecule has 0 spiro atoms. The van der Waals surface area contributed by atoms with Gasteiger partial charge in [-0.1, -0.05) is 77.6 Å². The molecule has 158 valence electrons. The van der Waals surface area contributed by atoms with Gasteiger partial charge in [0, 0.05) is 6.42 Å². The zero-order chi connectivity index (χ0) is 20.0. The molecule has 0 aliphatic carbocycles. The van der Waals surface area contributed by atoms with E-state index >= 15 is 0 Å². The Balaban J connectivity index is 0. The molecule has 0 aromatic carbocycles. The first-order valence-electron chi connectivity index (χ1n) is 10.6. The first-order valence-corrected chi connectivity index (χ1v) is 10.6. The second kappa shape index (κ2) is 22.4. The Labute approximate surface area is 161 Å². The third kappa shape index (κ3) is 28.2. The average molecular weight is 377 g/mol. The molecule has 3 N–H and O–H groups in total. The fraction of sp³-hybridized carbons (Fsp3) is 0.952. The van der Waals surface area contributed by atoms with Crippen molar-refractivity contribution in [2.24, 2.45) is 0 Å². The summed E-state index contributed by atoms with van der Waals surface area (Å²) in [6.45, 7) is 5.95. The van der Waals surface area contributed by atoms with Gasteiger partial charge in [-0.15, -0.1) is 0 Å². The van der Waals surface area contributed by atoms with E-state index in [9.17, 15) is 4.79 Å². The number of aliphatic hydroxyl groups excluding tert-OH is 2. The van der Waals surface area contributed by atoms with E-state index in [1.807, 2.05) is 0 Å². The molecule has 2 unspecified atom stereocenters. The molecule has 0 fully saturated rings. The number of aliphatic carboxylic acids is 1. The van der Waals surface area contributed by atoms with Crippen LogP contribution in [0.4, 0.5) is 0 Å². The van der Waals surface area contributed by atoms with Crippen molar-refractivity contribution in [2.75, 3.05) is 13.2 Å². The van der Waals surface area contributed by atoms with Crippen LogP contribution in [-0.4, -0.2) is 46.7 Å². The van der Waals surface area contributed by atoms with Crippen molar-refractivity contribution in [1.29, 1.82) is 0 Å². The Morgan fingerprint density at radius 3 is 1.62 bits per heavy atom. The van der Waals surface area contributed by atoms with E-state index in [0.29, 0.717) is 13.0 Å². The van der Waals surface area contributed by atoms with Crippen molar-refractivity contribution >= 4 is 5.97 Å². The lowest BCUT2D eigenvalue weighted by Gasteiger charge is -2.10. The SMILES string of the molecule is CC(O)COC(C)CO.CCCCCCCCCCCCCCC(=O)O. The highest BCUT2D eigenvalue weighted by atomic mass is 16.5. The molecule has 0 bridgehead atoms. The summed E-state index contributed by atoms with van der Waals surface area (Å²) in [5.74, 6) is -0.655. The molecule has 0 aromatic rings. The number of carboxylic acid groups (broad SMARTS) is 1. The molecule has 2 atom stereocenters. The fourth-order valence-corrected chi connectivity index (χ4v) is 2.47. The summed E-state index contributed by atoms with van der Waals surface area (Å²) >= 11 is 0. The van der Waals surface area contributed by atoms with Crippen LogP contribution in [-0.2, 0) is 9.53 Å². The molecule has 0 radical (unpaired) electrons. The molecule has 0 heterocycles. The molecule has 0 rings (SSSR count). The van der Waals surface area contributed by atoms with Gasteiger partial charge in [0.05, 0.1) is 25.4 Å². The smallest absolute Gasteiger partial charge is 0.303 e. The van der Waals surface area contributed by atoms with Gasteiger partial charge in [0.25, 0.3) is 0 Å². The third-order valence-corrected chi connectivity index (χ3v) is 4.12. The van der Waals surface area contributed by atoms with Gasteiger partial charge in [-0.25, -0.2) is 0 Å². The Bertz CT molecular complexity index is 282. The van der Waals surface area contributed by atoms with Gasteiger partial charge in [0.15, 0.2) is 0 Å². The van der Waals surface area contributed by atoms with Crippen molar-refractivity contribution in [2.45, 2.75) is 116 Å². The zero-order valence-electron chi connectivity index (χ0n) is 17.4. The van der Waals surface area contributed by atoms with Crippen molar-refractivity contribution in [1.82, 2.24) is 0 Å². The summed E-state index contributed by atoms with van der Waals surface area (Å²) < 4.78 is 4.95. The summed E-state index contributed by atoms with van der Waals surface area (Å²) in [6.07, 6.45) is 15.2. The summed E-state index contributed by atoms with van der Waals surface area (Å²) in [6, 6.07) is 0. The van der Waals surface area contributed by atoms with Crippen LogP contribution in [0.15, 0.2) is 0 Å². The number of rotatable bonds is 17. The largest absolute Gasteiger partial charge is 0.481 e. The van der Waals surface area contributed by atoms with E-state index in [-0.39, 0.29) is 12.7 Å². The second-order valence-electron chi connectivity index (χ2n) is 7.21. The quantitative estimate of drug-likeness (QED) is 0.313. The van der Waals surface area contributed by atoms with Gasteiger partial charge < -0.3 is 20.1 Å². The molecule has 0 saturated heterocycles. The maximum absolute atomic E-state index is 10.3. The number of carboxylic acids is 1. The Morgan fingerprint density at radius 1 is 0.846 bits per heavy atom. The van der Waals surface area contributed by atoms with Gasteiger partial charge in [-0.2, -0.15) is 0 Å². The van der Waals surface area contributed by atoms with Gasteiger partial charge in [-0.3, -0.25) is 4.79 Å². The Hall–Kier alpha value is -0.650. The topological polar surface area (TPSA) is 87.0 Å². The number of carbonyl (C=O) groups is 1. The van der Waals surface area contributed by atoms with Crippen LogP contribution in [0.2, 0.25) is 0 Å². The van der Waals surface area contributed by atoms with E-state index in [2.05, 4.69) is 6.92 Å². The van der Waals surface area contributed by atoms with Gasteiger partial charge in [0.2, 0.25) is 0 Å². The van der Waals surface area contributed by atoms with Crippen molar-refractivity contribution in [3.8, 4) is 0 Å². The maximum Gasteiger partial charge on any atom is 0.303 e. The van der Waals surface area contributed by atoms with E-state index in [1.165, 1.54) is 64.2 Å². The first kappa shape index (κ1) is 27.6. The van der Waals surface area contributed by atoms with Crippen LogP contribution < -0.4 is 0 Å². The summed E-state index contributed by atoms with van der Waals surface area (Å²) in [5, 5.41) is 25.6. The third-order valence-electron chi connectivity index (χ3n) is 4.12. The molecule has 26 heavy (non-hydrogen) atoms. The highest BCUT2D eigenvalue weighted by Gasteiger charge is 2.01. The zero-order valence-corrected chi connectivity index (χ0v) is 17.4. The van der Waals surface area contributed by atoms with Crippen LogP contribution in [0.3, 0.4) is 0 Å². The lowest BCUT2D eigenvalue weighted by atomic mass is 10.0. The fourth-order valence-electron chi connectivity index (χ4n) is 2.47. The van der Waals surface area contributed by atoms with Crippen molar-refractivity contribution in [3.63, 3.8) is 0 Å². The van der Waals surface area contributed by atoms with Crippen molar-refractivity contribution < 1.29 is 24.9 Å². The van der Waals surface area contributed by atoms with Crippen LogP contribution >= 0.6 is 0 Å². The lowest BCUT2D eigenvalue weighted by Crippen LogP contribution is -2.19. The Kier molecular flexibility index (Phi) is 23.7. The summed E-state index contributed by atoms with van der Waals surface area (Å²) in [4.78, 5) is 10.3. The molecule has 0 aromatic heterocycles. The molecular formula is C21H44O5. The van der Waals surface area contributed by atoms with Crippen LogP contribution in [0, 0.1) is 0 Å².